The third kappa shape index (κ3) is 4.55. The minimum Gasteiger partial charge on any atom is -0.325 e. The highest BCUT2D eigenvalue weighted by atomic mass is 35.5. The number of carbonyl (C=O) groups excluding carboxylic acids is 1. The molecule has 0 aliphatic heterocycles. The first-order valence-electron chi connectivity index (χ1n) is 4.79. The van der Waals surface area contributed by atoms with E-state index in [0.717, 1.165) is 6.07 Å². The Morgan fingerprint density at radius 1 is 1.05 bits per heavy atom. The van der Waals surface area contributed by atoms with Crippen molar-refractivity contribution in [2.45, 2.75) is 5.40 Å². The summed E-state index contributed by atoms with van der Waals surface area (Å²) in [6.45, 7) is 0. The Balaban J connectivity index is 3.07. The van der Waals surface area contributed by atoms with Gasteiger partial charge in [-0.2, -0.15) is 0 Å². The molecule has 0 fully saturated rings. The summed E-state index contributed by atoms with van der Waals surface area (Å²) < 4.78 is 22.1. The lowest BCUT2D eigenvalue weighted by molar-refractivity contribution is -0.115. The number of anilines is 1. The average molecular weight is 364 g/mol. The summed E-state index contributed by atoms with van der Waals surface area (Å²) in [5, 5.41) is -0.609. The zero-order valence-electron chi connectivity index (χ0n) is 9.47. The van der Waals surface area contributed by atoms with Gasteiger partial charge in [0.25, 0.3) is 5.91 Å². The highest BCUT2D eigenvalue weighted by Crippen LogP contribution is 2.60. The van der Waals surface area contributed by atoms with Crippen LogP contribution in [0.25, 0.3) is 0 Å². The monoisotopic (exact) mass is 363 g/mol. The van der Waals surface area contributed by atoms with E-state index in [1.165, 1.54) is 12.1 Å². The van der Waals surface area contributed by atoms with Gasteiger partial charge >= 0.3 is 15.2 Å². The molecule has 0 atom stereocenters. The van der Waals surface area contributed by atoms with Crippen LogP contribution in [0, 0.1) is 0 Å². The van der Waals surface area contributed by atoms with E-state index < -0.39 is 26.5 Å². The largest absolute Gasteiger partial charge is 0.350 e. The van der Waals surface area contributed by atoms with Crippen LogP contribution in [-0.2, 0) is 13.9 Å². The highest BCUT2D eigenvalue weighted by Gasteiger charge is 2.49. The van der Waals surface area contributed by atoms with Gasteiger partial charge < -0.3 is 24.9 Å². The molecule has 5 N–H and O–H groups in total. The molecule has 0 aliphatic rings. The van der Waals surface area contributed by atoms with Gasteiger partial charge in [0.1, 0.15) is 0 Å². The van der Waals surface area contributed by atoms with E-state index in [-0.39, 0.29) is 15.7 Å². The highest BCUT2D eigenvalue weighted by molar-refractivity contribution is 7.72. The van der Waals surface area contributed by atoms with Gasteiger partial charge in [-0.1, -0.05) is 23.2 Å². The smallest absolute Gasteiger partial charge is 0.325 e. The fraction of sp³-hybridized carbons (Fsp3) is 0.125. The van der Waals surface area contributed by atoms with Crippen molar-refractivity contribution < 1.29 is 33.5 Å². The SMILES string of the molecule is O=C(Nc1ccc(Cl)c(Cl)c1)C(P(=O)(O)O)P(=O)(O)O. The number of amides is 1. The summed E-state index contributed by atoms with van der Waals surface area (Å²) in [5.74, 6) is -1.52. The number of hydrogen-bond acceptors (Lipinski definition) is 3. The fourth-order valence-corrected chi connectivity index (χ4v) is 3.89. The first-order valence-corrected chi connectivity index (χ1v) is 8.91. The number of benzene rings is 1. The molecule has 0 spiro atoms. The molecule has 0 aliphatic carbocycles. The van der Waals surface area contributed by atoms with Crippen molar-refractivity contribution >= 4 is 50.0 Å². The fourth-order valence-electron chi connectivity index (χ4n) is 1.28. The number of nitrogens with one attached hydrogen (secondary N) is 1. The Morgan fingerprint density at radius 2 is 1.55 bits per heavy atom. The number of hydrogen-bond donors (Lipinski definition) is 5. The normalized spacial score (nSPS) is 12.6. The molecule has 0 saturated carbocycles. The average Bonchev–Trinajstić information content (AvgIpc) is 2.18. The van der Waals surface area contributed by atoms with Crippen molar-refractivity contribution in [3.05, 3.63) is 28.2 Å². The van der Waals surface area contributed by atoms with Crippen LogP contribution in [0.3, 0.4) is 0 Å². The summed E-state index contributed by atoms with van der Waals surface area (Å²) in [6, 6.07) is 3.71. The maximum Gasteiger partial charge on any atom is 0.350 e. The topological polar surface area (TPSA) is 144 Å². The third-order valence-corrected chi connectivity index (χ3v) is 6.35. The Hall–Kier alpha value is -0.430. The van der Waals surface area contributed by atoms with E-state index in [4.69, 9.17) is 42.8 Å². The van der Waals surface area contributed by atoms with Gasteiger partial charge in [0.2, 0.25) is 5.40 Å². The Kier molecular flexibility index (Phi) is 5.40. The zero-order chi connectivity index (χ0) is 15.7. The van der Waals surface area contributed by atoms with Crippen LogP contribution in [0.15, 0.2) is 18.2 Å². The first-order chi connectivity index (χ1) is 8.93. The second-order valence-electron chi connectivity index (χ2n) is 3.67. The Labute approximate surface area is 123 Å². The number of halogens is 2. The molecule has 0 bridgehead atoms. The first kappa shape index (κ1) is 17.6. The predicted molar refractivity (Wildman–Crippen MR) is 73.0 cm³/mol. The molecule has 112 valence electrons. The van der Waals surface area contributed by atoms with Crippen LogP contribution >= 0.6 is 38.4 Å². The van der Waals surface area contributed by atoms with Crippen molar-refractivity contribution in [2.75, 3.05) is 5.32 Å². The quantitative estimate of drug-likeness (QED) is 0.511. The summed E-state index contributed by atoms with van der Waals surface area (Å²) >= 11 is 11.3. The third-order valence-electron chi connectivity index (χ3n) is 2.06. The van der Waals surface area contributed by atoms with Crippen LogP contribution in [-0.4, -0.2) is 30.9 Å². The van der Waals surface area contributed by atoms with E-state index in [1.807, 2.05) is 5.32 Å². The van der Waals surface area contributed by atoms with Crippen LogP contribution in [0.5, 0.6) is 0 Å². The molecule has 0 saturated heterocycles. The Bertz CT molecular complexity index is 603. The van der Waals surface area contributed by atoms with E-state index in [0.29, 0.717) is 0 Å². The molecule has 20 heavy (non-hydrogen) atoms. The lowest BCUT2D eigenvalue weighted by atomic mass is 10.3. The van der Waals surface area contributed by atoms with Gasteiger partial charge in [0.15, 0.2) is 0 Å². The molecule has 0 unspecified atom stereocenters. The van der Waals surface area contributed by atoms with Crippen molar-refractivity contribution in [1.82, 2.24) is 0 Å². The zero-order valence-corrected chi connectivity index (χ0v) is 12.8. The molecule has 12 heteroatoms. The second-order valence-corrected chi connectivity index (χ2v) is 8.28. The summed E-state index contributed by atoms with van der Waals surface area (Å²) in [7, 11) is -10.7. The molecule has 8 nitrogen and oxygen atoms in total. The standard InChI is InChI=1S/C8H9Cl2NO7P2/c9-5-2-1-4(3-6(5)10)11-7(12)8(19(13,14)15)20(16,17)18/h1-3,8H,(H,11,12)(H2,13,14,15)(H2,16,17,18). The molecule has 0 heterocycles. The molecule has 1 rings (SSSR count). The summed E-state index contributed by atoms with van der Waals surface area (Å²) in [5.41, 5.74) is -0.0173. The number of rotatable bonds is 4. The lowest BCUT2D eigenvalue weighted by Gasteiger charge is -2.19. The number of carbonyl (C=O) groups is 1. The van der Waals surface area contributed by atoms with Gasteiger partial charge in [-0.3, -0.25) is 13.9 Å². The Morgan fingerprint density at radius 3 is 1.95 bits per heavy atom. The predicted octanol–water partition coefficient (Wildman–Crippen LogP) is 1.61. The van der Waals surface area contributed by atoms with Gasteiger partial charge in [-0.15, -0.1) is 0 Å². The molecule has 1 aromatic carbocycles. The van der Waals surface area contributed by atoms with Crippen LogP contribution < -0.4 is 5.32 Å². The van der Waals surface area contributed by atoms with Crippen molar-refractivity contribution in [3.8, 4) is 0 Å². The van der Waals surface area contributed by atoms with Gasteiger partial charge in [-0.05, 0) is 18.2 Å². The molecule has 1 aromatic rings. The van der Waals surface area contributed by atoms with Gasteiger partial charge in [0, 0.05) is 5.69 Å². The molecule has 0 aromatic heterocycles. The molecule has 0 radical (unpaired) electrons. The van der Waals surface area contributed by atoms with E-state index in [1.54, 1.807) is 0 Å². The molecule has 1 amide bonds. The molecular weight excluding hydrogens is 355 g/mol. The van der Waals surface area contributed by atoms with Crippen LogP contribution in [0.1, 0.15) is 0 Å². The maximum atomic E-state index is 11.6. The minimum absolute atomic E-state index is 0.0173. The van der Waals surface area contributed by atoms with Crippen LogP contribution in [0.4, 0.5) is 5.69 Å². The van der Waals surface area contributed by atoms with Crippen molar-refractivity contribution in [3.63, 3.8) is 0 Å². The van der Waals surface area contributed by atoms with Crippen LogP contribution in [0.2, 0.25) is 10.0 Å². The maximum absolute atomic E-state index is 11.6. The van der Waals surface area contributed by atoms with E-state index >= 15 is 0 Å². The van der Waals surface area contributed by atoms with Gasteiger partial charge in [0.05, 0.1) is 10.0 Å². The minimum atomic E-state index is -5.35. The van der Waals surface area contributed by atoms with Crippen molar-refractivity contribution in [2.24, 2.45) is 0 Å². The molecular formula is C8H9Cl2NO7P2. The second kappa shape index (κ2) is 6.13. The summed E-state index contributed by atoms with van der Waals surface area (Å²) in [6.07, 6.45) is 0. The summed E-state index contributed by atoms with van der Waals surface area (Å²) in [4.78, 5) is 47.1. The van der Waals surface area contributed by atoms with E-state index in [9.17, 15) is 13.9 Å². The van der Waals surface area contributed by atoms with Crippen molar-refractivity contribution in [1.29, 1.82) is 0 Å². The van der Waals surface area contributed by atoms with E-state index in [2.05, 4.69) is 0 Å². The van der Waals surface area contributed by atoms with Gasteiger partial charge in [-0.25, -0.2) is 0 Å². The lowest BCUT2D eigenvalue weighted by Crippen LogP contribution is -2.28.